The lowest BCUT2D eigenvalue weighted by atomic mass is 9.88. The molecule has 0 spiro atoms. The molecule has 6 heteroatoms. The summed E-state index contributed by atoms with van der Waals surface area (Å²) < 4.78 is 0. The summed E-state index contributed by atoms with van der Waals surface area (Å²) in [6.45, 7) is 1.52. The maximum Gasteiger partial charge on any atom is 0.188 e. The maximum atomic E-state index is 3.94. The molecule has 1 aromatic heterocycles. The van der Waals surface area contributed by atoms with E-state index in [1.807, 2.05) is 0 Å². The summed E-state index contributed by atoms with van der Waals surface area (Å²) in [7, 11) is 0. The van der Waals surface area contributed by atoms with Crippen molar-refractivity contribution in [3.8, 4) is 0 Å². The van der Waals surface area contributed by atoms with Gasteiger partial charge in [0.2, 0.25) is 0 Å². The van der Waals surface area contributed by atoms with E-state index in [4.69, 9.17) is 0 Å². The van der Waals surface area contributed by atoms with Crippen molar-refractivity contribution in [2.75, 3.05) is 6.54 Å². The second-order valence-corrected chi connectivity index (χ2v) is 5.17. The van der Waals surface area contributed by atoms with Crippen LogP contribution < -0.4 is 5.32 Å². The molecule has 0 radical (unpaired) electrons. The summed E-state index contributed by atoms with van der Waals surface area (Å²) in [5.41, 5.74) is 2.69. The lowest BCUT2D eigenvalue weighted by Crippen LogP contribution is -2.18. The molecular formula is C17H20ClN5. The first kappa shape index (κ1) is 17.1. The van der Waals surface area contributed by atoms with Crippen molar-refractivity contribution < 1.29 is 0 Å². The highest BCUT2D eigenvalue weighted by atomic mass is 35.5. The molecule has 1 heterocycles. The van der Waals surface area contributed by atoms with Crippen molar-refractivity contribution >= 4 is 12.4 Å². The van der Waals surface area contributed by atoms with Crippen LogP contribution >= 0.6 is 12.4 Å². The molecule has 0 saturated carbocycles. The Hall–Kier alpha value is -2.24. The number of rotatable bonds is 7. The number of nitrogens with zero attached hydrogens (tertiary/aromatic N) is 3. The third kappa shape index (κ3) is 4.87. The fraction of sp³-hybridized carbons (Fsp3) is 0.235. The third-order valence-electron chi connectivity index (χ3n) is 3.69. The SMILES string of the molecule is Cl.c1ccc(C(CCNCc2nn[nH]n2)c2ccccc2)cc1. The quantitative estimate of drug-likeness (QED) is 0.654. The minimum Gasteiger partial charge on any atom is -0.310 e. The third-order valence-corrected chi connectivity index (χ3v) is 3.69. The summed E-state index contributed by atoms with van der Waals surface area (Å²) in [5, 5.41) is 17.3. The van der Waals surface area contributed by atoms with Gasteiger partial charge in [0.05, 0.1) is 6.54 Å². The number of tetrazole rings is 1. The lowest BCUT2D eigenvalue weighted by Gasteiger charge is -2.18. The second-order valence-electron chi connectivity index (χ2n) is 5.17. The molecule has 23 heavy (non-hydrogen) atoms. The molecule has 0 aliphatic heterocycles. The maximum absolute atomic E-state index is 3.94. The monoisotopic (exact) mass is 329 g/mol. The van der Waals surface area contributed by atoms with Crippen LogP contribution in [0.1, 0.15) is 29.3 Å². The molecule has 0 aliphatic rings. The molecule has 0 saturated heterocycles. The van der Waals surface area contributed by atoms with Crippen LogP contribution in [0.2, 0.25) is 0 Å². The molecule has 3 aromatic rings. The lowest BCUT2D eigenvalue weighted by molar-refractivity contribution is 0.598. The van der Waals surface area contributed by atoms with E-state index in [1.54, 1.807) is 0 Å². The van der Waals surface area contributed by atoms with Crippen molar-refractivity contribution in [2.24, 2.45) is 0 Å². The predicted octanol–water partition coefficient (Wildman–Crippen LogP) is 2.93. The number of halogens is 1. The summed E-state index contributed by atoms with van der Waals surface area (Å²) >= 11 is 0. The summed E-state index contributed by atoms with van der Waals surface area (Å²) in [6, 6.07) is 21.3. The van der Waals surface area contributed by atoms with Gasteiger partial charge in [-0.15, -0.1) is 22.6 Å². The van der Waals surface area contributed by atoms with Crippen LogP contribution in [0.4, 0.5) is 0 Å². The van der Waals surface area contributed by atoms with E-state index < -0.39 is 0 Å². The van der Waals surface area contributed by atoms with Gasteiger partial charge in [-0.25, -0.2) is 0 Å². The Morgan fingerprint density at radius 1 is 0.913 bits per heavy atom. The fourth-order valence-electron chi connectivity index (χ4n) is 2.60. The van der Waals surface area contributed by atoms with Crippen LogP contribution in [0, 0.1) is 0 Å². The molecule has 2 N–H and O–H groups in total. The minimum atomic E-state index is 0. The Morgan fingerprint density at radius 3 is 2.04 bits per heavy atom. The zero-order chi connectivity index (χ0) is 15.0. The Labute approximate surface area is 141 Å². The zero-order valence-corrected chi connectivity index (χ0v) is 13.5. The van der Waals surface area contributed by atoms with Gasteiger partial charge in [-0.1, -0.05) is 65.9 Å². The van der Waals surface area contributed by atoms with E-state index in [9.17, 15) is 0 Å². The Kier molecular flexibility index (Phi) is 6.72. The van der Waals surface area contributed by atoms with Gasteiger partial charge in [0.15, 0.2) is 5.82 Å². The van der Waals surface area contributed by atoms with Gasteiger partial charge in [-0.05, 0) is 24.1 Å². The number of benzene rings is 2. The summed E-state index contributed by atoms with van der Waals surface area (Å²) in [6.07, 6.45) is 1.02. The molecule has 0 atom stereocenters. The summed E-state index contributed by atoms with van der Waals surface area (Å²) in [5.74, 6) is 1.08. The van der Waals surface area contributed by atoms with E-state index in [0.717, 1.165) is 13.0 Å². The fourth-order valence-corrected chi connectivity index (χ4v) is 2.60. The van der Waals surface area contributed by atoms with Crippen molar-refractivity contribution in [1.29, 1.82) is 0 Å². The molecule has 120 valence electrons. The molecular weight excluding hydrogens is 310 g/mol. The van der Waals surface area contributed by atoms with Crippen LogP contribution in [0.25, 0.3) is 0 Å². The van der Waals surface area contributed by atoms with Gasteiger partial charge in [0.1, 0.15) is 0 Å². The standard InChI is InChI=1S/C17H19N5.ClH/c1-3-7-14(8-4-1)16(15-9-5-2-6-10-15)11-12-18-13-17-19-21-22-20-17;/h1-10,16,18H,11-13H2,(H,19,20,21,22);1H. The van der Waals surface area contributed by atoms with E-state index in [0.29, 0.717) is 18.3 Å². The van der Waals surface area contributed by atoms with E-state index in [2.05, 4.69) is 86.6 Å². The van der Waals surface area contributed by atoms with Crippen LogP contribution in [0.5, 0.6) is 0 Å². The van der Waals surface area contributed by atoms with Gasteiger partial charge in [-0.2, -0.15) is 5.21 Å². The number of H-pyrrole nitrogens is 1. The molecule has 5 nitrogen and oxygen atoms in total. The zero-order valence-electron chi connectivity index (χ0n) is 12.7. The number of aromatic nitrogens is 4. The van der Waals surface area contributed by atoms with Crippen molar-refractivity contribution in [3.05, 3.63) is 77.6 Å². The van der Waals surface area contributed by atoms with E-state index in [-0.39, 0.29) is 12.4 Å². The molecule has 0 unspecified atom stereocenters. The van der Waals surface area contributed by atoms with E-state index >= 15 is 0 Å². The number of aromatic amines is 1. The van der Waals surface area contributed by atoms with Gasteiger partial charge in [0, 0.05) is 5.92 Å². The van der Waals surface area contributed by atoms with Crippen LogP contribution in [-0.4, -0.2) is 27.2 Å². The molecule has 0 fully saturated rings. The first-order valence-corrected chi connectivity index (χ1v) is 7.46. The van der Waals surface area contributed by atoms with Crippen LogP contribution in [0.3, 0.4) is 0 Å². The first-order valence-electron chi connectivity index (χ1n) is 7.46. The topological polar surface area (TPSA) is 66.5 Å². The van der Waals surface area contributed by atoms with Gasteiger partial charge in [-0.3, -0.25) is 0 Å². The highest BCUT2D eigenvalue weighted by molar-refractivity contribution is 5.85. The Bertz CT molecular complexity index is 618. The highest BCUT2D eigenvalue weighted by Crippen LogP contribution is 2.27. The molecule has 3 rings (SSSR count). The van der Waals surface area contributed by atoms with Crippen LogP contribution in [-0.2, 0) is 6.54 Å². The van der Waals surface area contributed by atoms with Gasteiger partial charge >= 0.3 is 0 Å². The molecule has 0 bridgehead atoms. The van der Waals surface area contributed by atoms with Crippen molar-refractivity contribution in [2.45, 2.75) is 18.9 Å². The predicted molar refractivity (Wildman–Crippen MR) is 92.5 cm³/mol. The van der Waals surface area contributed by atoms with Gasteiger partial charge < -0.3 is 5.32 Å². The average Bonchev–Trinajstić information content (AvgIpc) is 3.10. The smallest absolute Gasteiger partial charge is 0.188 e. The molecule has 0 amide bonds. The summed E-state index contributed by atoms with van der Waals surface area (Å²) in [4.78, 5) is 0. The second kappa shape index (κ2) is 9.02. The number of hydrogen-bond acceptors (Lipinski definition) is 4. The molecule has 2 aromatic carbocycles. The van der Waals surface area contributed by atoms with Crippen LogP contribution in [0.15, 0.2) is 60.7 Å². The Morgan fingerprint density at radius 2 is 1.52 bits per heavy atom. The largest absolute Gasteiger partial charge is 0.310 e. The van der Waals surface area contributed by atoms with E-state index in [1.165, 1.54) is 11.1 Å². The van der Waals surface area contributed by atoms with Gasteiger partial charge in [0.25, 0.3) is 0 Å². The highest BCUT2D eigenvalue weighted by Gasteiger charge is 2.13. The number of nitrogens with one attached hydrogen (secondary N) is 2. The van der Waals surface area contributed by atoms with Crippen molar-refractivity contribution in [3.63, 3.8) is 0 Å². The average molecular weight is 330 g/mol. The van der Waals surface area contributed by atoms with Crippen molar-refractivity contribution in [1.82, 2.24) is 25.9 Å². The number of hydrogen-bond donors (Lipinski definition) is 2. The Balaban J connectivity index is 0.00000192. The minimum absolute atomic E-state index is 0. The molecule has 0 aliphatic carbocycles. The first-order chi connectivity index (χ1) is 10.9. The normalized spacial score (nSPS) is 10.5.